The van der Waals surface area contributed by atoms with E-state index >= 15 is 0 Å². The highest BCUT2D eigenvalue weighted by Crippen LogP contribution is 2.20. The Bertz CT molecular complexity index is 415. The van der Waals surface area contributed by atoms with Crippen LogP contribution in [0.25, 0.3) is 0 Å². The van der Waals surface area contributed by atoms with Crippen LogP contribution in [0.5, 0.6) is 0 Å². The highest BCUT2D eigenvalue weighted by atomic mass is 16.5. The molecule has 2 heterocycles. The fourth-order valence-electron chi connectivity index (χ4n) is 2.12. The zero-order valence-corrected chi connectivity index (χ0v) is 11.1. The molecule has 0 aromatic carbocycles. The molecule has 3 N–H and O–H groups in total. The monoisotopic (exact) mass is 268 g/mol. The van der Waals surface area contributed by atoms with Gasteiger partial charge in [0.05, 0.1) is 6.04 Å². The summed E-state index contributed by atoms with van der Waals surface area (Å²) in [6.45, 7) is 2.94. The van der Waals surface area contributed by atoms with Crippen LogP contribution in [-0.2, 0) is 0 Å². The second kappa shape index (κ2) is 6.63. The van der Waals surface area contributed by atoms with Crippen LogP contribution in [0.15, 0.2) is 4.52 Å². The number of nitrogens with one attached hydrogen (secondary N) is 2. The van der Waals surface area contributed by atoms with Crippen molar-refractivity contribution in [3.05, 3.63) is 11.7 Å². The molecule has 1 amide bonds. The first-order valence-corrected chi connectivity index (χ1v) is 6.69. The Morgan fingerprint density at radius 1 is 1.68 bits per heavy atom. The normalized spacial score (nSPS) is 20.4. The predicted molar refractivity (Wildman–Crippen MR) is 67.5 cm³/mol. The summed E-state index contributed by atoms with van der Waals surface area (Å²) in [5.74, 6) is 0.212. The van der Waals surface area contributed by atoms with Crippen molar-refractivity contribution in [2.24, 2.45) is 0 Å². The fourth-order valence-corrected chi connectivity index (χ4v) is 2.12. The van der Waals surface area contributed by atoms with E-state index in [1.54, 1.807) is 0 Å². The van der Waals surface area contributed by atoms with E-state index in [9.17, 15) is 4.79 Å². The van der Waals surface area contributed by atoms with Crippen molar-refractivity contribution in [1.29, 1.82) is 0 Å². The Kier molecular flexibility index (Phi) is 4.86. The maximum atomic E-state index is 11.9. The highest BCUT2D eigenvalue weighted by molar-refractivity contribution is 5.90. The summed E-state index contributed by atoms with van der Waals surface area (Å²) >= 11 is 0. The molecule has 0 radical (unpaired) electrons. The van der Waals surface area contributed by atoms with E-state index in [1.807, 2.05) is 6.92 Å². The average Bonchev–Trinajstić information content (AvgIpc) is 3.05. The number of aliphatic hydroxyl groups is 1. The van der Waals surface area contributed by atoms with Crippen molar-refractivity contribution >= 4 is 5.91 Å². The maximum absolute atomic E-state index is 11.9. The summed E-state index contributed by atoms with van der Waals surface area (Å²) in [5, 5.41) is 18.5. The quantitative estimate of drug-likeness (QED) is 0.690. The first-order valence-electron chi connectivity index (χ1n) is 6.69. The first kappa shape index (κ1) is 14.0. The van der Waals surface area contributed by atoms with Gasteiger partial charge in [0.15, 0.2) is 0 Å². The highest BCUT2D eigenvalue weighted by Gasteiger charge is 2.24. The summed E-state index contributed by atoms with van der Waals surface area (Å²) in [6, 6.07) is 0.0482. The van der Waals surface area contributed by atoms with Crippen molar-refractivity contribution in [2.75, 3.05) is 13.2 Å². The van der Waals surface area contributed by atoms with Gasteiger partial charge < -0.3 is 20.3 Å². The lowest BCUT2D eigenvalue weighted by Gasteiger charge is -2.10. The summed E-state index contributed by atoms with van der Waals surface area (Å²) in [4.78, 5) is 16.0. The summed E-state index contributed by atoms with van der Waals surface area (Å²) in [5.41, 5.74) is 0. The Morgan fingerprint density at radius 2 is 2.53 bits per heavy atom. The van der Waals surface area contributed by atoms with Gasteiger partial charge >= 0.3 is 0 Å². The SMILES string of the molecule is CC(CCCO)NC(=O)c1noc(C2CCCN2)n1. The average molecular weight is 268 g/mol. The first-order chi connectivity index (χ1) is 9.20. The lowest BCUT2D eigenvalue weighted by atomic mass is 10.2. The van der Waals surface area contributed by atoms with E-state index in [0.717, 1.165) is 25.8 Å². The van der Waals surface area contributed by atoms with Crippen molar-refractivity contribution in [1.82, 2.24) is 20.8 Å². The molecule has 0 bridgehead atoms. The molecule has 2 atom stereocenters. The number of aromatic nitrogens is 2. The van der Waals surface area contributed by atoms with Gasteiger partial charge in [0, 0.05) is 12.6 Å². The number of carbonyl (C=O) groups excluding carboxylic acids is 1. The van der Waals surface area contributed by atoms with Crippen molar-refractivity contribution < 1.29 is 14.4 Å². The van der Waals surface area contributed by atoms with Gasteiger partial charge in [-0.3, -0.25) is 4.79 Å². The third-order valence-corrected chi connectivity index (χ3v) is 3.18. The molecule has 1 aliphatic heterocycles. The molecule has 0 spiro atoms. The number of nitrogens with zero attached hydrogens (tertiary/aromatic N) is 2. The smallest absolute Gasteiger partial charge is 0.292 e. The second-order valence-corrected chi connectivity index (χ2v) is 4.85. The van der Waals surface area contributed by atoms with Crippen molar-refractivity contribution in [3.63, 3.8) is 0 Å². The fraction of sp³-hybridized carbons (Fsp3) is 0.750. The van der Waals surface area contributed by atoms with Crippen LogP contribution < -0.4 is 10.6 Å². The molecule has 19 heavy (non-hydrogen) atoms. The number of aliphatic hydroxyl groups excluding tert-OH is 1. The lowest BCUT2D eigenvalue weighted by molar-refractivity contribution is 0.0923. The number of amides is 1. The molecular formula is C12H20N4O3. The molecule has 1 saturated heterocycles. The molecule has 1 aromatic rings. The minimum absolute atomic E-state index is 0.0220. The van der Waals surface area contributed by atoms with Gasteiger partial charge in [-0.15, -0.1) is 0 Å². The van der Waals surface area contributed by atoms with Gasteiger partial charge in [-0.25, -0.2) is 0 Å². The van der Waals surface area contributed by atoms with Gasteiger partial charge in [-0.1, -0.05) is 5.16 Å². The topological polar surface area (TPSA) is 100 Å². The van der Waals surface area contributed by atoms with Crippen molar-refractivity contribution in [3.8, 4) is 0 Å². The van der Waals surface area contributed by atoms with Crippen LogP contribution in [0.2, 0.25) is 0 Å². The lowest BCUT2D eigenvalue weighted by Crippen LogP contribution is -2.33. The van der Waals surface area contributed by atoms with Crippen molar-refractivity contribution in [2.45, 2.75) is 44.7 Å². The number of hydrogen-bond acceptors (Lipinski definition) is 6. The van der Waals surface area contributed by atoms with E-state index in [2.05, 4.69) is 20.8 Å². The number of rotatable bonds is 6. The molecule has 7 nitrogen and oxygen atoms in total. The maximum Gasteiger partial charge on any atom is 0.292 e. The van der Waals surface area contributed by atoms with Gasteiger partial charge in [-0.05, 0) is 39.2 Å². The van der Waals surface area contributed by atoms with E-state index in [4.69, 9.17) is 9.63 Å². The molecule has 0 aliphatic carbocycles. The van der Waals surface area contributed by atoms with Crippen LogP contribution >= 0.6 is 0 Å². The van der Waals surface area contributed by atoms with Gasteiger partial charge in [0.1, 0.15) is 0 Å². The predicted octanol–water partition coefficient (Wildman–Crippen LogP) is 0.385. The molecule has 1 fully saturated rings. The van der Waals surface area contributed by atoms with Gasteiger partial charge in [-0.2, -0.15) is 4.98 Å². The van der Waals surface area contributed by atoms with E-state index in [1.165, 1.54) is 0 Å². The third kappa shape index (κ3) is 3.74. The Hall–Kier alpha value is -1.47. The van der Waals surface area contributed by atoms with Crippen LogP contribution in [0.1, 0.15) is 55.2 Å². The van der Waals surface area contributed by atoms with Crippen LogP contribution in [0.3, 0.4) is 0 Å². The number of carbonyl (C=O) groups is 1. The molecular weight excluding hydrogens is 248 g/mol. The second-order valence-electron chi connectivity index (χ2n) is 4.85. The summed E-state index contributed by atoms with van der Waals surface area (Å²) in [7, 11) is 0. The van der Waals surface area contributed by atoms with Gasteiger partial charge in [0.25, 0.3) is 11.7 Å². The minimum atomic E-state index is -0.335. The van der Waals surface area contributed by atoms with Crippen LogP contribution in [0, 0.1) is 0 Å². The molecule has 1 aromatic heterocycles. The molecule has 2 rings (SSSR count). The molecule has 2 unspecified atom stereocenters. The number of hydrogen-bond donors (Lipinski definition) is 3. The van der Waals surface area contributed by atoms with E-state index < -0.39 is 0 Å². The Balaban J connectivity index is 1.88. The molecule has 7 heteroatoms. The van der Waals surface area contributed by atoms with E-state index in [-0.39, 0.29) is 30.4 Å². The van der Waals surface area contributed by atoms with Crippen LogP contribution in [-0.4, -0.2) is 40.3 Å². The van der Waals surface area contributed by atoms with Crippen LogP contribution in [0.4, 0.5) is 0 Å². The zero-order chi connectivity index (χ0) is 13.7. The minimum Gasteiger partial charge on any atom is -0.396 e. The summed E-state index contributed by atoms with van der Waals surface area (Å²) in [6.07, 6.45) is 3.41. The Labute approximate surface area is 111 Å². The molecule has 1 aliphatic rings. The summed E-state index contributed by atoms with van der Waals surface area (Å²) < 4.78 is 5.11. The third-order valence-electron chi connectivity index (χ3n) is 3.18. The standard InChI is InChI=1S/C12H20N4O3/c1-8(4-3-7-17)14-11(18)10-15-12(19-16-10)9-5-2-6-13-9/h8-9,13,17H,2-7H2,1H3,(H,14,18). The van der Waals surface area contributed by atoms with E-state index in [0.29, 0.717) is 12.3 Å². The zero-order valence-electron chi connectivity index (χ0n) is 11.1. The Morgan fingerprint density at radius 3 is 3.21 bits per heavy atom. The largest absolute Gasteiger partial charge is 0.396 e. The molecule has 106 valence electrons. The van der Waals surface area contributed by atoms with Gasteiger partial charge in [0.2, 0.25) is 5.89 Å². The molecule has 0 saturated carbocycles.